The normalized spacial score (nSPS) is 29.3. The van der Waals surface area contributed by atoms with E-state index in [0.29, 0.717) is 18.2 Å². The number of benzene rings is 1. The molecule has 5 heteroatoms. The molecule has 2 atom stereocenters. The van der Waals surface area contributed by atoms with E-state index < -0.39 is 0 Å². The van der Waals surface area contributed by atoms with Crippen molar-refractivity contribution < 1.29 is 14.3 Å². The van der Waals surface area contributed by atoms with Crippen molar-refractivity contribution in [2.75, 3.05) is 13.3 Å². The zero-order valence-corrected chi connectivity index (χ0v) is 14.8. The molecule has 0 radical (unpaired) electrons. The fraction of sp³-hybridized carbons (Fsp3) is 0.524. The first-order valence-corrected chi connectivity index (χ1v) is 9.76. The number of carbonyl (C=O) groups excluding carboxylic acids is 1. The Kier molecular flexibility index (Phi) is 2.92. The van der Waals surface area contributed by atoms with Gasteiger partial charge in [-0.1, -0.05) is 0 Å². The van der Waals surface area contributed by atoms with Crippen LogP contribution in [0.3, 0.4) is 0 Å². The van der Waals surface area contributed by atoms with Gasteiger partial charge in [0, 0.05) is 30.1 Å². The van der Waals surface area contributed by atoms with Crippen molar-refractivity contribution in [2.24, 2.45) is 5.92 Å². The van der Waals surface area contributed by atoms with E-state index in [1.54, 1.807) is 0 Å². The average molecular weight is 350 g/mol. The molecule has 26 heavy (non-hydrogen) atoms. The highest BCUT2D eigenvalue weighted by molar-refractivity contribution is 5.84. The van der Waals surface area contributed by atoms with Crippen LogP contribution in [0.25, 0.3) is 10.9 Å². The summed E-state index contributed by atoms with van der Waals surface area (Å²) in [6.07, 6.45) is 7.09. The third kappa shape index (κ3) is 1.91. The molecule has 4 heterocycles. The van der Waals surface area contributed by atoms with Crippen molar-refractivity contribution in [3.63, 3.8) is 0 Å². The highest BCUT2D eigenvalue weighted by atomic mass is 16.7. The van der Waals surface area contributed by atoms with E-state index in [9.17, 15) is 4.79 Å². The molecule has 2 saturated heterocycles. The molecule has 1 amide bonds. The van der Waals surface area contributed by atoms with Gasteiger partial charge in [-0.2, -0.15) is 0 Å². The number of aromatic nitrogens is 1. The Hall–Kier alpha value is -2.30. The minimum atomic E-state index is 0.0340. The Labute approximate surface area is 152 Å². The van der Waals surface area contributed by atoms with Crippen molar-refractivity contribution in [3.05, 3.63) is 29.5 Å². The number of fused-ring (bicyclic) bond motifs is 3. The van der Waals surface area contributed by atoms with Crippen LogP contribution in [0.15, 0.2) is 18.2 Å². The SMILES string of the molecule is O=C1CCC[C@H]2Cc3nc4cc5c(cc4cc3C[C@]23CCCN13)OCO5. The van der Waals surface area contributed by atoms with Gasteiger partial charge in [0.15, 0.2) is 11.5 Å². The third-order valence-electron chi connectivity index (χ3n) is 6.95. The Morgan fingerprint density at radius 2 is 2.04 bits per heavy atom. The van der Waals surface area contributed by atoms with Crippen LogP contribution in [0.2, 0.25) is 0 Å². The van der Waals surface area contributed by atoms with E-state index in [1.165, 1.54) is 11.3 Å². The largest absolute Gasteiger partial charge is 0.454 e. The summed E-state index contributed by atoms with van der Waals surface area (Å²) in [4.78, 5) is 19.9. The van der Waals surface area contributed by atoms with Crippen LogP contribution in [0, 0.1) is 5.92 Å². The van der Waals surface area contributed by atoms with Crippen molar-refractivity contribution in [2.45, 2.75) is 50.5 Å². The third-order valence-corrected chi connectivity index (χ3v) is 6.95. The van der Waals surface area contributed by atoms with Crippen LogP contribution in [0.5, 0.6) is 11.5 Å². The summed E-state index contributed by atoms with van der Waals surface area (Å²) < 4.78 is 11.0. The number of ether oxygens (including phenoxy) is 2. The molecule has 2 fully saturated rings. The molecular formula is C21H22N2O3. The van der Waals surface area contributed by atoms with Crippen LogP contribution in [-0.2, 0) is 17.6 Å². The summed E-state index contributed by atoms with van der Waals surface area (Å²) in [7, 11) is 0. The number of hydrogen-bond acceptors (Lipinski definition) is 4. The number of hydrogen-bond donors (Lipinski definition) is 0. The topological polar surface area (TPSA) is 51.7 Å². The highest BCUT2D eigenvalue weighted by Gasteiger charge is 2.52. The van der Waals surface area contributed by atoms with Crippen molar-refractivity contribution in [3.8, 4) is 11.5 Å². The van der Waals surface area contributed by atoms with E-state index in [0.717, 1.165) is 67.5 Å². The summed E-state index contributed by atoms with van der Waals surface area (Å²) in [5.41, 5.74) is 3.55. The summed E-state index contributed by atoms with van der Waals surface area (Å²) in [5.74, 6) is 2.51. The molecule has 4 aliphatic rings. The maximum absolute atomic E-state index is 12.7. The van der Waals surface area contributed by atoms with Crippen LogP contribution >= 0.6 is 0 Å². The van der Waals surface area contributed by atoms with Gasteiger partial charge < -0.3 is 14.4 Å². The Morgan fingerprint density at radius 1 is 1.15 bits per heavy atom. The van der Waals surface area contributed by atoms with E-state index in [1.807, 2.05) is 12.1 Å². The quantitative estimate of drug-likeness (QED) is 0.732. The molecule has 3 aliphatic heterocycles. The monoisotopic (exact) mass is 350 g/mol. The van der Waals surface area contributed by atoms with Gasteiger partial charge in [-0.25, -0.2) is 0 Å². The molecule has 0 bridgehead atoms. The lowest BCUT2D eigenvalue weighted by molar-refractivity contribution is -0.136. The van der Waals surface area contributed by atoms with Gasteiger partial charge in [-0.05, 0) is 62.1 Å². The maximum atomic E-state index is 12.7. The van der Waals surface area contributed by atoms with Gasteiger partial charge in [0.2, 0.25) is 12.7 Å². The van der Waals surface area contributed by atoms with Gasteiger partial charge in [-0.15, -0.1) is 0 Å². The predicted molar refractivity (Wildman–Crippen MR) is 96.3 cm³/mol. The van der Waals surface area contributed by atoms with Gasteiger partial charge in [-0.3, -0.25) is 9.78 Å². The molecular weight excluding hydrogens is 328 g/mol. The summed E-state index contributed by atoms with van der Waals surface area (Å²) >= 11 is 0. The predicted octanol–water partition coefficient (Wildman–Crippen LogP) is 3.22. The lowest BCUT2D eigenvalue weighted by atomic mass is 9.68. The second-order valence-electron chi connectivity index (χ2n) is 8.21. The van der Waals surface area contributed by atoms with Crippen LogP contribution in [0.4, 0.5) is 0 Å². The molecule has 1 aromatic heterocycles. The smallest absolute Gasteiger partial charge is 0.231 e. The number of pyridine rings is 1. The van der Waals surface area contributed by atoms with Crippen molar-refractivity contribution in [1.29, 1.82) is 0 Å². The van der Waals surface area contributed by atoms with Crippen LogP contribution in [-0.4, -0.2) is 34.7 Å². The summed E-state index contributed by atoms with van der Waals surface area (Å²) in [6.45, 7) is 1.22. The lowest BCUT2D eigenvalue weighted by Crippen LogP contribution is -2.55. The second-order valence-corrected chi connectivity index (χ2v) is 8.21. The maximum Gasteiger partial charge on any atom is 0.231 e. The molecule has 1 spiro atoms. The first-order chi connectivity index (χ1) is 12.7. The van der Waals surface area contributed by atoms with E-state index in [4.69, 9.17) is 14.5 Å². The highest BCUT2D eigenvalue weighted by Crippen LogP contribution is 2.48. The molecule has 134 valence electrons. The molecule has 0 unspecified atom stereocenters. The summed E-state index contributed by atoms with van der Waals surface area (Å²) in [5, 5.41) is 1.10. The number of amides is 1. The number of carbonyl (C=O) groups is 1. The standard InChI is InChI=1S/C21H22N2O3/c24-20-4-1-3-15-9-16-14(11-21(15)5-2-6-23(20)21)7-13-8-18-19(26-12-25-18)10-17(13)22-16/h7-8,10,15H,1-6,9,11-12H2/t15-,21+/m0/s1. The van der Waals surface area contributed by atoms with Crippen LogP contribution < -0.4 is 9.47 Å². The second kappa shape index (κ2) is 5.12. The Morgan fingerprint density at radius 3 is 2.96 bits per heavy atom. The van der Waals surface area contributed by atoms with Gasteiger partial charge >= 0.3 is 0 Å². The average Bonchev–Trinajstić information content (AvgIpc) is 3.23. The zero-order valence-electron chi connectivity index (χ0n) is 14.8. The minimum Gasteiger partial charge on any atom is -0.454 e. The molecule has 1 aromatic carbocycles. The summed E-state index contributed by atoms with van der Waals surface area (Å²) in [6, 6.07) is 6.32. The van der Waals surface area contributed by atoms with Crippen molar-refractivity contribution >= 4 is 16.8 Å². The molecule has 5 nitrogen and oxygen atoms in total. The Bertz CT molecular complexity index is 940. The van der Waals surface area contributed by atoms with E-state index in [2.05, 4.69) is 11.0 Å². The zero-order chi connectivity index (χ0) is 17.3. The number of nitrogens with zero attached hydrogens (tertiary/aromatic N) is 2. The van der Waals surface area contributed by atoms with Crippen LogP contribution in [0.1, 0.15) is 43.4 Å². The lowest BCUT2D eigenvalue weighted by Gasteiger charge is -2.46. The minimum absolute atomic E-state index is 0.0340. The van der Waals surface area contributed by atoms with Gasteiger partial charge in [0.05, 0.1) is 11.1 Å². The number of rotatable bonds is 0. The first-order valence-electron chi connectivity index (χ1n) is 9.76. The molecule has 0 saturated carbocycles. The van der Waals surface area contributed by atoms with Gasteiger partial charge in [0.25, 0.3) is 0 Å². The fourth-order valence-corrected chi connectivity index (χ4v) is 5.76. The van der Waals surface area contributed by atoms with Gasteiger partial charge in [0.1, 0.15) is 0 Å². The van der Waals surface area contributed by atoms with E-state index in [-0.39, 0.29) is 12.3 Å². The molecule has 0 N–H and O–H groups in total. The van der Waals surface area contributed by atoms with Crippen molar-refractivity contribution in [1.82, 2.24) is 9.88 Å². The molecule has 2 aromatic rings. The molecule has 6 rings (SSSR count). The fourth-order valence-electron chi connectivity index (χ4n) is 5.76. The van der Waals surface area contributed by atoms with E-state index >= 15 is 0 Å². The Balaban J connectivity index is 1.49. The first kappa shape index (κ1) is 14.8. The molecule has 1 aliphatic carbocycles.